The standard InChI is InChI=1S/C10H10ClF3N2O2/c1-6-2-3-7(4-8(6)11)15-9(17)16-18-5-10(12,13)14/h2-4H,5H2,1H3,(H2,15,16,17). The molecule has 0 radical (unpaired) electrons. The topological polar surface area (TPSA) is 50.4 Å². The van der Waals surface area contributed by atoms with E-state index in [-0.39, 0.29) is 0 Å². The summed E-state index contributed by atoms with van der Waals surface area (Å²) in [5, 5.41) is 2.70. The van der Waals surface area contributed by atoms with Gasteiger partial charge in [-0.05, 0) is 24.6 Å². The quantitative estimate of drug-likeness (QED) is 0.836. The minimum Gasteiger partial charge on any atom is -0.306 e. The number of carbonyl (C=O) groups excluding carboxylic acids is 1. The van der Waals surface area contributed by atoms with E-state index in [0.29, 0.717) is 10.7 Å². The number of benzene rings is 1. The summed E-state index contributed by atoms with van der Waals surface area (Å²) in [6, 6.07) is 3.78. The largest absolute Gasteiger partial charge is 0.414 e. The molecular weight excluding hydrogens is 273 g/mol. The van der Waals surface area contributed by atoms with Crippen molar-refractivity contribution < 1.29 is 22.8 Å². The van der Waals surface area contributed by atoms with E-state index in [4.69, 9.17) is 11.6 Å². The Labute approximate surface area is 106 Å². The number of rotatable bonds is 3. The van der Waals surface area contributed by atoms with Gasteiger partial charge in [0.05, 0.1) is 0 Å². The number of halogens is 4. The van der Waals surface area contributed by atoms with Crippen molar-refractivity contribution >= 4 is 23.3 Å². The lowest BCUT2D eigenvalue weighted by molar-refractivity contribution is -0.183. The first-order valence-corrected chi connectivity index (χ1v) is 5.17. The van der Waals surface area contributed by atoms with Gasteiger partial charge in [-0.1, -0.05) is 17.7 Å². The highest BCUT2D eigenvalue weighted by atomic mass is 35.5. The minimum absolute atomic E-state index is 0.346. The average Bonchev–Trinajstić information content (AvgIpc) is 2.21. The third-order valence-electron chi connectivity index (χ3n) is 1.83. The number of nitrogens with one attached hydrogen (secondary N) is 2. The predicted molar refractivity (Wildman–Crippen MR) is 60.4 cm³/mol. The Kier molecular flexibility index (Phi) is 4.80. The van der Waals surface area contributed by atoms with Crippen LogP contribution in [0.2, 0.25) is 5.02 Å². The van der Waals surface area contributed by atoms with Crippen LogP contribution in [0.5, 0.6) is 0 Å². The van der Waals surface area contributed by atoms with Gasteiger partial charge in [-0.15, -0.1) is 0 Å². The molecule has 1 aromatic carbocycles. The first-order chi connectivity index (χ1) is 8.28. The van der Waals surface area contributed by atoms with Crippen LogP contribution in [0.1, 0.15) is 5.56 Å². The van der Waals surface area contributed by atoms with Crippen LogP contribution in [-0.2, 0) is 4.84 Å². The smallest absolute Gasteiger partial charge is 0.306 e. The Balaban J connectivity index is 2.42. The number of urea groups is 1. The molecule has 2 amide bonds. The van der Waals surface area contributed by atoms with Gasteiger partial charge in [0.1, 0.15) is 0 Å². The normalized spacial score (nSPS) is 11.2. The molecule has 8 heteroatoms. The monoisotopic (exact) mass is 282 g/mol. The molecule has 1 aromatic rings. The third kappa shape index (κ3) is 5.24. The maximum atomic E-state index is 11.7. The lowest BCUT2D eigenvalue weighted by Gasteiger charge is -2.10. The van der Waals surface area contributed by atoms with Crippen LogP contribution in [0.4, 0.5) is 23.7 Å². The summed E-state index contributed by atoms with van der Waals surface area (Å²) >= 11 is 5.81. The van der Waals surface area contributed by atoms with Crippen molar-refractivity contribution in [1.82, 2.24) is 5.48 Å². The first kappa shape index (κ1) is 14.6. The van der Waals surface area contributed by atoms with Gasteiger partial charge in [-0.2, -0.15) is 13.2 Å². The number of aryl methyl sites for hydroxylation is 1. The van der Waals surface area contributed by atoms with Crippen LogP contribution < -0.4 is 10.8 Å². The summed E-state index contributed by atoms with van der Waals surface area (Å²) < 4.78 is 35.1. The predicted octanol–water partition coefficient (Wildman–Crippen LogP) is 3.26. The van der Waals surface area contributed by atoms with Crippen molar-refractivity contribution in [3.8, 4) is 0 Å². The third-order valence-corrected chi connectivity index (χ3v) is 2.24. The maximum Gasteiger partial charge on any atom is 0.414 e. The van der Waals surface area contributed by atoms with Gasteiger partial charge in [0.25, 0.3) is 0 Å². The van der Waals surface area contributed by atoms with Crippen molar-refractivity contribution in [2.75, 3.05) is 11.9 Å². The molecule has 0 bridgehead atoms. The molecule has 0 spiro atoms. The fourth-order valence-electron chi connectivity index (χ4n) is 1.01. The lowest BCUT2D eigenvalue weighted by Crippen LogP contribution is -2.32. The van der Waals surface area contributed by atoms with E-state index in [0.717, 1.165) is 5.56 Å². The van der Waals surface area contributed by atoms with Gasteiger partial charge in [-0.3, -0.25) is 4.84 Å². The second-order valence-corrected chi connectivity index (χ2v) is 3.83. The summed E-state index contributed by atoms with van der Waals surface area (Å²) in [6.07, 6.45) is -4.50. The number of hydrogen-bond acceptors (Lipinski definition) is 2. The molecule has 0 aromatic heterocycles. The van der Waals surface area contributed by atoms with E-state index in [1.54, 1.807) is 24.5 Å². The SMILES string of the molecule is Cc1ccc(NC(=O)NOCC(F)(F)F)cc1Cl. The van der Waals surface area contributed by atoms with E-state index in [9.17, 15) is 18.0 Å². The number of amides is 2. The van der Waals surface area contributed by atoms with Crippen molar-refractivity contribution in [2.24, 2.45) is 0 Å². The lowest BCUT2D eigenvalue weighted by atomic mass is 10.2. The van der Waals surface area contributed by atoms with E-state index in [1.807, 2.05) is 0 Å². The van der Waals surface area contributed by atoms with Crippen molar-refractivity contribution in [3.63, 3.8) is 0 Å². The minimum atomic E-state index is -4.50. The molecule has 100 valence electrons. The zero-order valence-corrected chi connectivity index (χ0v) is 10.0. The Morgan fingerprint density at radius 2 is 2.11 bits per heavy atom. The Morgan fingerprint density at radius 1 is 1.44 bits per heavy atom. The fraction of sp³-hybridized carbons (Fsp3) is 0.300. The molecule has 0 fully saturated rings. The van der Waals surface area contributed by atoms with Crippen molar-refractivity contribution in [3.05, 3.63) is 28.8 Å². The zero-order valence-electron chi connectivity index (χ0n) is 9.27. The van der Waals surface area contributed by atoms with Gasteiger partial charge in [-0.25, -0.2) is 10.3 Å². The van der Waals surface area contributed by atoms with Gasteiger partial charge >= 0.3 is 12.2 Å². The van der Waals surface area contributed by atoms with E-state index in [1.165, 1.54) is 6.07 Å². The second kappa shape index (κ2) is 5.92. The van der Waals surface area contributed by atoms with Crippen LogP contribution >= 0.6 is 11.6 Å². The summed E-state index contributed by atoms with van der Waals surface area (Å²) in [7, 11) is 0. The number of hydroxylamine groups is 1. The van der Waals surface area contributed by atoms with Crippen LogP contribution in [-0.4, -0.2) is 18.8 Å². The molecule has 4 nitrogen and oxygen atoms in total. The molecule has 0 aliphatic rings. The highest BCUT2D eigenvalue weighted by Gasteiger charge is 2.28. The number of anilines is 1. The molecular formula is C10H10ClF3N2O2. The highest BCUT2D eigenvalue weighted by Crippen LogP contribution is 2.19. The van der Waals surface area contributed by atoms with Crippen LogP contribution in [0.3, 0.4) is 0 Å². The second-order valence-electron chi connectivity index (χ2n) is 3.42. The number of hydrogen-bond donors (Lipinski definition) is 2. The average molecular weight is 283 g/mol. The highest BCUT2D eigenvalue weighted by molar-refractivity contribution is 6.31. The number of alkyl halides is 3. The van der Waals surface area contributed by atoms with Crippen LogP contribution in [0, 0.1) is 6.92 Å². The Hall–Kier alpha value is -1.47. The van der Waals surface area contributed by atoms with Crippen molar-refractivity contribution in [1.29, 1.82) is 0 Å². The van der Waals surface area contributed by atoms with Gasteiger partial charge in [0.2, 0.25) is 0 Å². The van der Waals surface area contributed by atoms with Gasteiger partial charge in [0, 0.05) is 10.7 Å². The molecule has 0 atom stereocenters. The Morgan fingerprint density at radius 3 is 2.67 bits per heavy atom. The molecule has 0 aliphatic carbocycles. The van der Waals surface area contributed by atoms with Gasteiger partial charge < -0.3 is 5.32 Å². The number of carbonyl (C=O) groups is 1. The molecule has 0 heterocycles. The molecule has 18 heavy (non-hydrogen) atoms. The Bertz CT molecular complexity index is 438. The first-order valence-electron chi connectivity index (χ1n) is 4.79. The summed E-state index contributed by atoms with van der Waals surface area (Å²) in [4.78, 5) is 15.1. The van der Waals surface area contributed by atoms with Gasteiger partial charge in [0.15, 0.2) is 6.61 Å². The molecule has 1 rings (SSSR count). The zero-order chi connectivity index (χ0) is 13.8. The van der Waals surface area contributed by atoms with Crippen LogP contribution in [0.25, 0.3) is 0 Å². The molecule has 0 aliphatic heterocycles. The summed E-state index contributed by atoms with van der Waals surface area (Å²) in [5.74, 6) is 0. The van der Waals surface area contributed by atoms with E-state index in [2.05, 4.69) is 10.2 Å². The molecule has 0 unspecified atom stereocenters. The summed E-state index contributed by atoms with van der Waals surface area (Å²) in [6.45, 7) is 0.216. The van der Waals surface area contributed by atoms with E-state index >= 15 is 0 Å². The fourth-order valence-corrected chi connectivity index (χ4v) is 1.19. The van der Waals surface area contributed by atoms with E-state index < -0.39 is 18.8 Å². The van der Waals surface area contributed by atoms with Crippen LogP contribution in [0.15, 0.2) is 18.2 Å². The molecule has 2 N–H and O–H groups in total. The summed E-state index contributed by atoms with van der Waals surface area (Å²) in [5.41, 5.74) is 2.77. The maximum absolute atomic E-state index is 11.7. The van der Waals surface area contributed by atoms with Crippen molar-refractivity contribution in [2.45, 2.75) is 13.1 Å². The molecule has 0 saturated carbocycles. The molecule has 0 saturated heterocycles.